The minimum absolute atomic E-state index is 0.0133. The Labute approximate surface area is 273 Å². The van der Waals surface area contributed by atoms with Crippen LogP contribution in [0, 0.1) is 0 Å². The first-order valence-corrected chi connectivity index (χ1v) is 16.9. The highest BCUT2D eigenvalue weighted by Crippen LogP contribution is 2.29. The lowest BCUT2D eigenvalue weighted by atomic mass is 10.5. The van der Waals surface area contributed by atoms with Crippen LogP contribution >= 0.6 is 46.9 Å². The summed E-state index contributed by atoms with van der Waals surface area (Å²) in [6, 6.07) is 3.24. The molecular formula is C25H37ClN6O9S3. The fourth-order valence-corrected chi connectivity index (χ4v) is 3.96. The summed E-state index contributed by atoms with van der Waals surface area (Å²) in [6.07, 6.45) is 2.39. The summed E-state index contributed by atoms with van der Waals surface area (Å²) in [6.45, 7) is 2.06. The minimum atomic E-state index is -0.541. The van der Waals surface area contributed by atoms with E-state index in [1.807, 2.05) is 12.5 Å². The zero-order valence-corrected chi connectivity index (χ0v) is 29.1. The van der Waals surface area contributed by atoms with Crippen LogP contribution in [0.2, 0.25) is 5.02 Å². The van der Waals surface area contributed by atoms with E-state index in [9.17, 15) is 14.4 Å². The van der Waals surface area contributed by atoms with Crippen LogP contribution < -0.4 is 14.2 Å². The Balaban J connectivity index is 0.000000330. The number of hydrogen-bond donors (Lipinski definition) is 0. The lowest BCUT2D eigenvalue weighted by Gasteiger charge is -2.07. The first-order chi connectivity index (χ1) is 20.8. The van der Waals surface area contributed by atoms with Gasteiger partial charge in [-0.1, -0.05) is 18.5 Å². The van der Waals surface area contributed by atoms with Gasteiger partial charge in [0.05, 0.1) is 17.3 Å². The van der Waals surface area contributed by atoms with Crippen LogP contribution in [0.5, 0.6) is 17.6 Å². The highest BCUT2D eigenvalue weighted by molar-refractivity contribution is 7.98. The number of aromatic nitrogens is 3. The summed E-state index contributed by atoms with van der Waals surface area (Å²) < 4.78 is 29.5. The Morgan fingerprint density at radius 1 is 0.727 bits per heavy atom. The molecule has 0 fully saturated rings. The molecule has 0 spiro atoms. The standard InChI is InChI=1S/C9H14N2O3S.C8H11ClN2O3S.C8H12N2O3S/c1-4-15-6-7-5-8(10-14-7)13-9(12)11(2)3;1-11(2)8(12)13-7-6(9)5(4-15-3)14-10-7;1-10(2)8(11)12-7-4-6(5-14-3)13-9-7/h5H,4,6H2,1-3H3;4H2,1-3H3;4H,5H2,1-3H3. The molecule has 3 heterocycles. The molecule has 0 N–H and O–H groups in total. The number of carbonyl (C=O) groups excluding carboxylic acids is 3. The van der Waals surface area contributed by atoms with E-state index in [2.05, 4.69) is 22.4 Å². The van der Waals surface area contributed by atoms with E-state index >= 15 is 0 Å². The van der Waals surface area contributed by atoms with Crippen LogP contribution in [0.4, 0.5) is 14.4 Å². The second-order valence-electron chi connectivity index (χ2n) is 8.78. The minimum Gasteiger partial charge on any atom is -0.388 e. The summed E-state index contributed by atoms with van der Waals surface area (Å²) in [5.41, 5.74) is 0. The molecule has 0 aromatic carbocycles. The van der Waals surface area contributed by atoms with E-state index in [-0.39, 0.29) is 22.7 Å². The van der Waals surface area contributed by atoms with Crippen molar-refractivity contribution in [1.29, 1.82) is 0 Å². The fraction of sp³-hybridized carbons (Fsp3) is 0.520. The SMILES string of the molecule is CCSCc1cc(OC(=O)N(C)C)no1.CSCc1cc(OC(=O)N(C)C)no1.CSCc1onc(OC(=O)N(C)C)c1Cl. The molecule has 0 aliphatic rings. The molecule has 0 saturated heterocycles. The molecule has 19 heteroatoms. The highest BCUT2D eigenvalue weighted by Gasteiger charge is 2.18. The summed E-state index contributed by atoms with van der Waals surface area (Å²) in [5, 5.41) is 11.0. The van der Waals surface area contributed by atoms with Crippen LogP contribution in [0.1, 0.15) is 24.2 Å². The topological polar surface area (TPSA) is 167 Å². The number of ether oxygens (including phenoxy) is 3. The molecule has 3 rings (SSSR count). The maximum Gasteiger partial charge on any atom is 0.416 e. The average molecular weight is 697 g/mol. The van der Waals surface area contributed by atoms with E-state index in [4.69, 9.17) is 39.4 Å². The predicted molar refractivity (Wildman–Crippen MR) is 170 cm³/mol. The van der Waals surface area contributed by atoms with Crippen LogP contribution in [-0.4, -0.2) is 109 Å². The summed E-state index contributed by atoms with van der Waals surface area (Å²) in [7, 11) is 9.56. The molecule has 3 aromatic heterocycles. The van der Waals surface area contributed by atoms with Crippen molar-refractivity contribution in [2.45, 2.75) is 24.2 Å². The Morgan fingerprint density at radius 2 is 1.18 bits per heavy atom. The van der Waals surface area contributed by atoms with Gasteiger partial charge in [-0.15, -0.1) is 0 Å². The Hall–Kier alpha value is -3.22. The van der Waals surface area contributed by atoms with Crippen molar-refractivity contribution in [2.75, 3.05) is 60.6 Å². The van der Waals surface area contributed by atoms with Crippen molar-refractivity contribution in [3.63, 3.8) is 0 Å². The smallest absolute Gasteiger partial charge is 0.388 e. The van der Waals surface area contributed by atoms with Crippen molar-refractivity contribution in [3.05, 3.63) is 34.4 Å². The van der Waals surface area contributed by atoms with E-state index < -0.39 is 18.3 Å². The third-order valence-corrected chi connectivity index (χ3v) is 6.81. The Kier molecular flexibility index (Phi) is 18.2. The second kappa shape index (κ2) is 20.7. The van der Waals surface area contributed by atoms with Crippen molar-refractivity contribution in [3.8, 4) is 17.6 Å². The van der Waals surface area contributed by atoms with Gasteiger partial charge >= 0.3 is 18.3 Å². The maximum atomic E-state index is 11.2. The average Bonchev–Trinajstić information content (AvgIpc) is 3.70. The number of rotatable bonds is 10. The molecule has 0 radical (unpaired) electrons. The van der Waals surface area contributed by atoms with Crippen LogP contribution in [-0.2, 0) is 17.3 Å². The summed E-state index contributed by atoms with van der Waals surface area (Å²) in [5.74, 6) is 5.38. The lowest BCUT2D eigenvalue weighted by Crippen LogP contribution is -2.25. The normalized spacial score (nSPS) is 10.0. The molecule has 3 amide bonds. The molecule has 0 aliphatic heterocycles. The lowest BCUT2D eigenvalue weighted by molar-refractivity contribution is 0.166. The van der Waals surface area contributed by atoms with Gasteiger partial charge in [0.25, 0.3) is 17.6 Å². The van der Waals surface area contributed by atoms with E-state index in [1.165, 1.54) is 26.5 Å². The molecule has 0 unspecified atom stereocenters. The predicted octanol–water partition coefficient (Wildman–Crippen LogP) is 5.84. The van der Waals surface area contributed by atoms with Gasteiger partial charge in [-0.25, -0.2) is 14.4 Å². The van der Waals surface area contributed by atoms with E-state index in [0.717, 1.165) is 11.5 Å². The Morgan fingerprint density at radius 3 is 1.61 bits per heavy atom. The number of hydrogen-bond acceptors (Lipinski definition) is 15. The first kappa shape index (κ1) is 38.8. The number of carbonyl (C=O) groups is 3. The van der Waals surface area contributed by atoms with Crippen LogP contribution in [0.3, 0.4) is 0 Å². The highest BCUT2D eigenvalue weighted by atomic mass is 35.5. The van der Waals surface area contributed by atoms with E-state index in [1.54, 1.807) is 77.9 Å². The van der Waals surface area contributed by atoms with Crippen LogP contribution in [0.25, 0.3) is 0 Å². The largest absolute Gasteiger partial charge is 0.416 e. The van der Waals surface area contributed by atoms with Gasteiger partial charge < -0.3 is 42.5 Å². The molecule has 0 atom stereocenters. The molecule has 0 aliphatic carbocycles. The van der Waals surface area contributed by atoms with Crippen molar-refractivity contribution < 1.29 is 42.2 Å². The van der Waals surface area contributed by atoms with Gasteiger partial charge in [-0.05, 0) is 33.7 Å². The van der Waals surface area contributed by atoms with Crippen molar-refractivity contribution >= 4 is 65.2 Å². The van der Waals surface area contributed by atoms with Gasteiger partial charge in [-0.2, -0.15) is 35.3 Å². The van der Waals surface area contributed by atoms with Gasteiger partial charge in [0.2, 0.25) is 0 Å². The fourth-order valence-electron chi connectivity index (χ4n) is 2.28. The number of halogens is 1. The third kappa shape index (κ3) is 14.5. The molecule has 3 aromatic rings. The Bertz CT molecular complexity index is 1300. The number of amides is 3. The van der Waals surface area contributed by atoms with Crippen LogP contribution in [0.15, 0.2) is 25.7 Å². The molecule has 15 nitrogen and oxygen atoms in total. The van der Waals surface area contributed by atoms with Crippen molar-refractivity contribution in [2.24, 2.45) is 0 Å². The zero-order chi connectivity index (χ0) is 33.2. The molecular weight excluding hydrogens is 660 g/mol. The monoisotopic (exact) mass is 696 g/mol. The van der Waals surface area contributed by atoms with Crippen molar-refractivity contribution in [1.82, 2.24) is 30.2 Å². The number of thioether (sulfide) groups is 3. The summed E-state index contributed by atoms with van der Waals surface area (Å²) >= 11 is 10.7. The molecule has 246 valence electrons. The second-order valence-corrected chi connectivity index (χ2v) is 12.2. The molecule has 0 saturated carbocycles. The van der Waals surface area contributed by atoms with Gasteiger partial charge in [0.15, 0.2) is 17.3 Å². The van der Waals surface area contributed by atoms with Gasteiger partial charge in [-0.3, -0.25) is 0 Å². The maximum absolute atomic E-state index is 11.2. The zero-order valence-electron chi connectivity index (χ0n) is 25.9. The number of nitrogens with zero attached hydrogens (tertiary/aromatic N) is 6. The van der Waals surface area contributed by atoms with Gasteiger partial charge in [0.1, 0.15) is 5.02 Å². The first-order valence-electron chi connectivity index (χ1n) is 12.6. The summed E-state index contributed by atoms with van der Waals surface area (Å²) in [4.78, 5) is 37.4. The third-order valence-electron chi connectivity index (χ3n) is 4.42. The molecule has 0 bridgehead atoms. The van der Waals surface area contributed by atoms with Gasteiger partial charge in [0, 0.05) is 54.4 Å². The quantitative estimate of drug-likeness (QED) is 0.248. The van der Waals surface area contributed by atoms with E-state index in [0.29, 0.717) is 28.8 Å². The molecule has 44 heavy (non-hydrogen) atoms.